The fourth-order valence-corrected chi connectivity index (χ4v) is 4.70. The van der Waals surface area contributed by atoms with Crippen LogP contribution in [0, 0.1) is 20.8 Å². The normalized spacial score (nSPS) is 10.9. The molecule has 2 heterocycles. The Balaban J connectivity index is 1.67. The fraction of sp³-hybridized carbons (Fsp3) is 0.278. The fourth-order valence-electron chi connectivity index (χ4n) is 2.49. The monoisotopic (exact) mass is 450 g/mol. The van der Waals surface area contributed by atoms with Crippen LogP contribution in [0.1, 0.15) is 21.8 Å². The molecule has 0 saturated carbocycles. The van der Waals surface area contributed by atoms with Crippen LogP contribution in [-0.2, 0) is 11.3 Å². The van der Waals surface area contributed by atoms with E-state index in [1.807, 2.05) is 22.9 Å². The molecule has 0 atom stereocenters. The van der Waals surface area contributed by atoms with Crippen LogP contribution < -0.4 is 5.32 Å². The van der Waals surface area contributed by atoms with Crippen molar-refractivity contribution in [2.24, 2.45) is 0 Å². The molecule has 1 N–H and O–H groups in total. The Kier molecular flexibility index (Phi) is 6.16. The first-order valence-corrected chi connectivity index (χ1v) is 10.7. The van der Waals surface area contributed by atoms with Crippen LogP contribution >= 0.6 is 39.0 Å². The van der Waals surface area contributed by atoms with E-state index in [9.17, 15) is 4.79 Å². The van der Waals surface area contributed by atoms with Crippen molar-refractivity contribution in [2.45, 2.75) is 32.5 Å². The van der Waals surface area contributed by atoms with Crippen LogP contribution in [0.25, 0.3) is 5.69 Å². The molecular formula is C18H19BrN4OS2. The first-order valence-electron chi connectivity index (χ1n) is 8.06. The molecule has 1 amide bonds. The minimum absolute atomic E-state index is 0.0207. The maximum atomic E-state index is 12.2. The summed E-state index contributed by atoms with van der Waals surface area (Å²) in [5, 5.41) is 14.1. The number of carbonyl (C=O) groups excluding carboxylic acids is 1. The largest absolute Gasteiger partial charge is 0.350 e. The van der Waals surface area contributed by atoms with Gasteiger partial charge < -0.3 is 5.32 Å². The average molecular weight is 451 g/mol. The lowest BCUT2D eigenvalue weighted by Gasteiger charge is -2.12. The Morgan fingerprint density at radius 1 is 1.27 bits per heavy atom. The summed E-state index contributed by atoms with van der Waals surface area (Å²) < 4.78 is 3.05. The van der Waals surface area contributed by atoms with Gasteiger partial charge in [0.15, 0.2) is 5.16 Å². The zero-order chi connectivity index (χ0) is 18.7. The van der Waals surface area contributed by atoms with E-state index in [1.54, 1.807) is 11.3 Å². The van der Waals surface area contributed by atoms with Gasteiger partial charge in [0.2, 0.25) is 5.91 Å². The van der Waals surface area contributed by atoms with Crippen molar-refractivity contribution in [1.29, 1.82) is 0 Å². The van der Waals surface area contributed by atoms with Gasteiger partial charge in [-0.2, -0.15) is 0 Å². The zero-order valence-electron chi connectivity index (χ0n) is 14.7. The number of nitrogens with one attached hydrogen (secondary N) is 1. The lowest BCUT2D eigenvalue weighted by Crippen LogP contribution is -2.24. The van der Waals surface area contributed by atoms with Crippen molar-refractivity contribution >= 4 is 44.9 Å². The molecule has 0 fully saturated rings. The minimum Gasteiger partial charge on any atom is -0.350 e. The third-order valence-electron chi connectivity index (χ3n) is 3.81. The number of amides is 1. The smallest absolute Gasteiger partial charge is 0.230 e. The summed E-state index contributed by atoms with van der Waals surface area (Å²) in [7, 11) is 0. The van der Waals surface area contributed by atoms with Crippen LogP contribution in [0.5, 0.6) is 0 Å². The van der Waals surface area contributed by atoms with Gasteiger partial charge in [0.05, 0.1) is 18.0 Å². The first kappa shape index (κ1) is 19.1. The van der Waals surface area contributed by atoms with E-state index in [4.69, 9.17) is 0 Å². The summed E-state index contributed by atoms with van der Waals surface area (Å²) in [6.07, 6.45) is 0. The van der Waals surface area contributed by atoms with Crippen molar-refractivity contribution < 1.29 is 4.79 Å². The number of hydrogen-bond acceptors (Lipinski definition) is 5. The number of thiophene rings is 1. The van der Waals surface area contributed by atoms with Crippen LogP contribution in [0.4, 0.5) is 0 Å². The van der Waals surface area contributed by atoms with Gasteiger partial charge in [-0.25, -0.2) is 0 Å². The third-order valence-corrected chi connectivity index (χ3v) is 6.44. The van der Waals surface area contributed by atoms with Crippen molar-refractivity contribution in [2.75, 3.05) is 5.75 Å². The van der Waals surface area contributed by atoms with Gasteiger partial charge in [-0.15, -0.1) is 21.5 Å². The Hall–Kier alpha value is -1.64. The molecule has 0 saturated heterocycles. The van der Waals surface area contributed by atoms with Crippen LogP contribution in [0.3, 0.4) is 0 Å². The molecule has 0 spiro atoms. The summed E-state index contributed by atoms with van der Waals surface area (Å²) in [5.41, 5.74) is 3.38. The highest BCUT2D eigenvalue weighted by Crippen LogP contribution is 2.25. The Bertz CT molecular complexity index is 935. The molecule has 0 aliphatic heterocycles. The number of halogens is 1. The second-order valence-corrected chi connectivity index (χ2v) is 8.81. The Labute approximate surface area is 169 Å². The lowest BCUT2D eigenvalue weighted by molar-refractivity contribution is -0.118. The van der Waals surface area contributed by atoms with Crippen molar-refractivity contribution in [3.8, 4) is 5.69 Å². The molecule has 136 valence electrons. The van der Waals surface area contributed by atoms with E-state index in [0.29, 0.717) is 12.3 Å². The molecule has 0 unspecified atom stereocenters. The van der Waals surface area contributed by atoms with Crippen LogP contribution in [0.2, 0.25) is 0 Å². The Morgan fingerprint density at radius 3 is 2.81 bits per heavy atom. The standard InChI is InChI=1S/C18H19BrN4OS2/c1-11-4-5-12(2)16(6-11)23-13(3)21-22-18(23)26-10-17(24)20-8-15-7-14(19)9-25-15/h4-7,9H,8,10H2,1-3H3,(H,20,24). The molecular weight excluding hydrogens is 432 g/mol. The minimum atomic E-state index is -0.0207. The maximum Gasteiger partial charge on any atom is 0.230 e. The first-order chi connectivity index (χ1) is 12.4. The number of rotatable bonds is 6. The molecule has 2 aromatic heterocycles. The topological polar surface area (TPSA) is 59.8 Å². The molecule has 8 heteroatoms. The molecule has 5 nitrogen and oxygen atoms in total. The van der Waals surface area contributed by atoms with Gasteiger partial charge in [0.25, 0.3) is 0 Å². The van der Waals surface area contributed by atoms with E-state index >= 15 is 0 Å². The molecule has 26 heavy (non-hydrogen) atoms. The van der Waals surface area contributed by atoms with Crippen molar-refractivity contribution in [3.05, 3.63) is 55.9 Å². The predicted molar refractivity (Wildman–Crippen MR) is 110 cm³/mol. The van der Waals surface area contributed by atoms with E-state index in [1.165, 1.54) is 17.3 Å². The molecule has 0 bridgehead atoms. The molecule has 3 rings (SSSR count). The highest BCUT2D eigenvalue weighted by Gasteiger charge is 2.15. The molecule has 0 aliphatic rings. The summed E-state index contributed by atoms with van der Waals surface area (Å²) in [6.45, 7) is 6.59. The number of hydrogen-bond donors (Lipinski definition) is 1. The summed E-state index contributed by atoms with van der Waals surface area (Å²) in [4.78, 5) is 13.3. The number of carbonyl (C=O) groups is 1. The number of benzene rings is 1. The number of aryl methyl sites for hydroxylation is 3. The number of nitrogens with zero attached hydrogens (tertiary/aromatic N) is 3. The zero-order valence-corrected chi connectivity index (χ0v) is 18.0. The van der Waals surface area contributed by atoms with Gasteiger partial charge in [0.1, 0.15) is 5.82 Å². The van der Waals surface area contributed by atoms with E-state index in [-0.39, 0.29) is 5.91 Å². The third kappa shape index (κ3) is 4.55. The molecule has 1 aromatic carbocycles. The van der Waals surface area contributed by atoms with Crippen LogP contribution in [0.15, 0.2) is 39.3 Å². The van der Waals surface area contributed by atoms with Crippen LogP contribution in [-0.4, -0.2) is 26.4 Å². The van der Waals surface area contributed by atoms with Gasteiger partial charge in [-0.1, -0.05) is 23.9 Å². The lowest BCUT2D eigenvalue weighted by atomic mass is 10.1. The number of thioether (sulfide) groups is 1. The van der Waals surface area contributed by atoms with Gasteiger partial charge in [-0.3, -0.25) is 9.36 Å². The number of aromatic nitrogens is 3. The van der Waals surface area contributed by atoms with E-state index < -0.39 is 0 Å². The van der Waals surface area contributed by atoms with E-state index in [0.717, 1.165) is 31.6 Å². The van der Waals surface area contributed by atoms with Crippen molar-refractivity contribution in [1.82, 2.24) is 20.1 Å². The highest BCUT2D eigenvalue weighted by atomic mass is 79.9. The SMILES string of the molecule is Cc1ccc(C)c(-n2c(C)nnc2SCC(=O)NCc2cc(Br)cs2)c1. The van der Waals surface area contributed by atoms with E-state index in [2.05, 4.69) is 63.5 Å². The van der Waals surface area contributed by atoms with Gasteiger partial charge in [0, 0.05) is 14.7 Å². The summed E-state index contributed by atoms with van der Waals surface area (Å²) >= 11 is 6.43. The molecule has 0 aliphatic carbocycles. The predicted octanol–water partition coefficient (Wildman–Crippen LogP) is 4.43. The quantitative estimate of drug-likeness (QED) is 0.564. The molecule has 0 radical (unpaired) electrons. The summed E-state index contributed by atoms with van der Waals surface area (Å²) in [6, 6.07) is 8.30. The second-order valence-electron chi connectivity index (χ2n) is 5.95. The highest BCUT2D eigenvalue weighted by molar-refractivity contribution is 9.10. The van der Waals surface area contributed by atoms with Crippen molar-refractivity contribution in [3.63, 3.8) is 0 Å². The second kappa shape index (κ2) is 8.37. The average Bonchev–Trinajstić information content (AvgIpc) is 3.19. The van der Waals surface area contributed by atoms with Gasteiger partial charge in [-0.05, 0) is 60.0 Å². The summed E-state index contributed by atoms with van der Waals surface area (Å²) in [5.74, 6) is 1.09. The Morgan fingerprint density at radius 2 is 2.08 bits per heavy atom. The molecule has 3 aromatic rings. The maximum absolute atomic E-state index is 12.2. The van der Waals surface area contributed by atoms with Gasteiger partial charge >= 0.3 is 0 Å².